The lowest BCUT2D eigenvalue weighted by molar-refractivity contribution is -0.144. The van der Waals surface area contributed by atoms with Gasteiger partial charge < -0.3 is 19.9 Å². The van der Waals surface area contributed by atoms with E-state index in [0.29, 0.717) is 57.9 Å². The van der Waals surface area contributed by atoms with Crippen molar-refractivity contribution < 1.29 is 14.3 Å². The summed E-state index contributed by atoms with van der Waals surface area (Å²) in [5, 5.41) is 3.11. The average molecular weight is 500 g/mol. The largest absolute Gasteiger partial charge is 0.468 e. The number of carbonyl (C=O) groups excluding carboxylic acids is 2. The molecule has 1 saturated heterocycles. The van der Waals surface area contributed by atoms with Crippen molar-refractivity contribution in [3.8, 4) is 0 Å². The number of fused-ring (bicyclic) bond motifs is 5. The van der Waals surface area contributed by atoms with Crippen molar-refractivity contribution in [2.24, 2.45) is 10.9 Å². The third-order valence-corrected chi connectivity index (χ3v) is 8.45. The second-order valence-corrected chi connectivity index (χ2v) is 10.6. The molecule has 1 N–H and O–H groups in total. The van der Waals surface area contributed by atoms with E-state index in [1.54, 1.807) is 6.20 Å². The fourth-order valence-corrected chi connectivity index (χ4v) is 6.42. The Morgan fingerprint density at radius 1 is 1.30 bits per heavy atom. The molecule has 4 aliphatic heterocycles. The number of rotatable bonds is 3. The molecule has 0 unspecified atom stereocenters. The topological polar surface area (TPSA) is 87.1 Å². The average Bonchev–Trinajstić information content (AvgIpc) is 3.34. The molecule has 1 fully saturated rings. The molecule has 0 saturated carbocycles. The molecule has 1 atom stereocenters. The van der Waals surface area contributed by atoms with Gasteiger partial charge in [0.1, 0.15) is 11.4 Å². The molecule has 5 heterocycles. The third-order valence-electron chi connectivity index (χ3n) is 8.45. The van der Waals surface area contributed by atoms with Crippen molar-refractivity contribution in [2.75, 3.05) is 25.0 Å². The van der Waals surface area contributed by atoms with Crippen LogP contribution >= 0.6 is 0 Å². The summed E-state index contributed by atoms with van der Waals surface area (Å²) in [6.07, 6.45) is 5.83. The van der Waals surface area contributed by atoms with Crippen LogP contribution < -0.4 is 5.32 Å². The number of hydrogen-bond acceptors (Lipinski definition) is 6. The van der Waals surface area contributed by atoms with Crippen LogP contribution in [0.4, 0.5) is 5.82 Å². The van der Waals surface area contributed by atoms with Crippen LogP contribution in [0.2, 0.25) is 0 Å². The van der Waals surface area contributed by atoms with Gasteiger partial charge >= 0.3 is 0 Å². The summed E-state index contributed by atoms with van der Waals surface area (Å²) in [4.78, 5) is 39.8. The maximum Gasteiger partial charge on any atom is 0.226 e. The predicted octanol–water partition coefficient (Wildman–Crippen LogP) is 3.66. The van der Waals surface area contributed by atoms with E-state index < -0.39 is 5.60 Å². The van der Waals surface area contributed by atoms with Crippen molar-refractivity contribution >= 4 is 23.8 Å². The van der Waals surface area contributed by atoms with E-state index in [2.05, 4.69) is 34.9 Å². The van der Waals surface area contributed by atoms with Crippen molar-refractivity contribution in [3.63, 3.8) is 0 Å². The van der Waals surface area contributed by atoms with Crippen LogP contribution in [-0.2, 0) is 39.4 Å². The number of aromatic nitrogens is 1. The van der Waals surface area contributed by atoms with Gasteiger partial charge in [0.25, 0.3) is 0 Å². The number of benzene rings is 1. The molecule has 37 heavy (non-hydrogen) atoms. The number of amides is 2. The molecule has 1 aromatic heterocycles. The van der Waals surface area contributed by atoms with Gasteiger partial charge in [0, 0.05) is 69.0 Å². The zero-order valence-electron chi connectivity index (χ0n) is 21.5. The molecule has 8 nitrogen and oxygen atoms in total. The number of hydrogen-bond donors (Lipinski definition) is 1. The molecule has 2 aromatic rings. The van der Waals surface area contributed by atoms with Gasteiger partial charge in [0.15, 0.2) is 5.88 Å². The fraction of sp³-hybridized carbons (Fsp3) is 0.448. The van der Waals surface area contributed by atoms with Crippen molar-refractivity contribution in [2.45, 2.75) is 58.2 Å². The molecule has 2 amide bonds. The number of pyridine rings is 1. The number of nitrogens with one attached hydrogen (secondary N) is 1. The normalized spacial score (nSPS) is 21.6. The lowest BCUT2D eigenvalue weighted by atomic mass is 9.83. The first-order valence-electron chi connectivity index (χ1n) is 13.2. The second kappa shape index (κ2) is 9.01. The highest BCUT2D eigenvalue weighted by molar-refractivity contribution is 5.90. The van der Waals surface area contributed by atoms with E-state index >= 15 is 0 Å². The highest BCUT2D eigenvalue weighted by Crippen LogP contribution is 2.44. The highest BCUT2D eigenvalue weighted by atomic mass is 16.5. The van der Waals surface area contributed by atoms with E-state index in [1.165, 1.54) is 27.8 Å². The van der Waals surface area contributed by atoms with Gasteiger partial charge in [-0.15, -0.1) is 0 Å². The molecule has 1 spiro atoms. The van der Waals surface area contributed by atoms with E-state index in [1.807, 2.05) is 35.1 Å². The van der Waals surface area contributed by atoms with Crippen LogP contribution in [0.15, 0.2) is 41.9 Å². The zero-order valence-corrected chi connectivity index (χ0v) is 21.5. The Hall–Kier alpha value is -3.68. The molecule has 1 aromatic carbocycles. The van der Waals surface area contributed by atoms with Gasteiger partial charge in [-0.3, -0.25) is 14.6 Å². The summed E-state index contributed by atoms with van der Waals surface area (Å²) < 4.78 is 6.21. The molecule has 0 radical (unpaired) electrons. The first-order valence-corrected chi connectivity index (χ1v) is 13.2. The third kappa shape index (κ3) is 3.99. The van der Waals surface area contributed by atoms with Crippen molar-refractivity contribution in [1.29, 1.82) is 0 Å². The predicted molar refractivity (Wildman–Crippen MR) is 141 cm³/mol. The Morgan fingerprint density at radius 3 is 2.89 bits per heavy atom. The van der Waals surface area contributed by atoms with Crippen LogP contribution in [-0.4, -0.2) is 52.4 Å². The minimum absolute atomic E-state index is 0.0336. The second-order valence-electron chi connectivity index (χ2n) is 10.6. The number of piperidine rings is 1. The summed E-state index contributed by atoms with van der Waals surface area (Å²) in [5.41, 5.74) is 6.51. The van der Waals surface area contributed by atoms with Crippen LogP contribution in [0, 0.1) is 12.8 Å². The number of anilines is 1. The number of carbonyl (C=O) groups is 2. The van der Waals surface area contributed by atoms with Crippen LogP contribution in [0.5, 0.6) is 0 Å². The molecule has 0 aliphatic carbocycles. The molecule has 8 heteroatoms. The minimum Gasteiger partial charge on any atom is -0.468 e. The van der Waals surface area contributed by atoms with Gasteiger partial charge in [-0.1, -0.05) is 6.07 Å². The number of nitrogens with zero attached hydrogens (tertiary/aromatic N) is 4. The Bertz CT molecular complexity index is 1330. The number of likely N-dealkylation sites (tertiary alicyclic amines) is 1. The summed E-state index contributed by atoms with van der Waals surface area (Å²) in [6, 6.07) is 6.16. The molecule has 0 bridgehead atoms. The minimum atomic E-state index is -0.530. The lowest BCUT2D eigenvalue weighted by Crippen LogP contribution is -2.49. The number of aryl methyl sites for hydroxylation is 1. The molecular weight excluding hydrogens is 466 g/mol. The summed E-state index contributed by atoms with van der Waals surface area (Å²) in [6.45, 7) is 11.1. The smallest absolute Gasteiger partial charge is 0.226 e. The fourth-order valence-electron chi connectivity index (χ4n) is 6.42. The molecule has 192 valence electrons. The van der Waals surface area contributed by atoms with Crippen LogP contribution in [0.3, 0.4) is 0 Å². The molecule has 4 aliphatic rings. The zero-order chi connectivity index (χ0) is 25.7. The van der Waals surface area contributed by atoms with Crippen LogP contribution in [0.1, 0.15) is 59.6 Å². The Morgan fingerprint density at radius 2 is 2.11 bits per heavy atom. The van der Waals surface area contributed by atoms with E-state index in [4.69, 9.17) is 4.74 Å². The number of aliphatic imine (C=N–C) groups is 1. The Labute approximate surface area is 217 Å². The first-order chi connectivity index (χ1) is 17.9. The first kappa shape index (κ1) is 23.7. The monoisotopic (exact) mass is 499 g/mol. The van der Waals surface area contributed by atoms with E-state index in [0.717, 1.165) is 11.4 Å². The van der Waals surface area contributed by atoms with Crippen LogP contribution in [0.25, 0.3) is 0 Å². The SMILES string of the molecule is C=C1Nc2ncccc2C2(CCN(C(=O)C[C@@H]3Cc4cc(C)c5c(c4CN(CC)C3=O)C=NC5)CC2)O1. The summed E-state index contributed by atoms with van der Waals surface area (Å²) in [7, 11) is 0. The maximum atomic E-state index is 13.5. The summed E-state index contributed by atoms with van der Waals surface area (Å²) >= 11 is 0. The van der Waals surface area contributed by atoms with Crippen molar-refractivity contribution in [1.82, 2.24) is 14.8 Å². The summed E-state index contributed by atoms with van der Waals surface area (Å²) in [5.74, 6) is 0.999. The molecule has 6 rings (SSSR count). The standard InChI is InChI=1S/C29H33N5O3/c1-4-33-17-24-20(12-18(2)22-15-30-16-23(22)24)13-21(28(33)36)14-26(35)34-10-7-29(8-11-34)25-6-5-9-31-27(25)32-19(3)37-29/h5-6,9,12,16,21H,3-4,7-8,10-11,13-15,17H2,1-2H3,(H,31,32)/t21-/m0/s1. The Kier molecular flexibility index (Phi) is 5.77. The number of ether oxygens (including phenoxy) is 1. The van der Waals surface area contributed by atoms with Crippen molar-refractivity contribution in [3.05, 3.63) is 70.2 Å². The van der Waals surface area contributed by atoms with Gasteiger partial charge in [-0.05, 0) is 61.2 Å². The van der Waals surface area contributed by atoms with Gasteiger partial charge in [-0.2, -0.15) is 0 Å². The van der Waals surface area contributed by atoms with E-state index in [-0.39, 0.29) is 24.2 Å². The highest BCUT2D eigenvalue weighted by Gasteiger charge is 2.44. The van der Waals surface area contributed by atoms with Gasteiger partial charge in [0.05, 0.1) is 12.5 Å². The quantitative estimate of drug-likeness (QED) is 0.697. The Balaban J connectivity index is 1.20. The van der Waals surface area contributed by atoms with Gasteiger partial charge in [-0.25, -0.2) is 4.98 Å². The van der Waals surface area contributed by atoms with E-state index in [9.17, 15) is 9.59 Å². The maximum absolute atomic E-state index is 13.5. The van der Waals surface area contributed by atoms with Gasteiger partial charge in [0.2, 0.25) is 11.8 Å². The lowest BCUT2D eigenvalue weighted by Gasteiger charge is -2.45. The molecular formula is C29H33N5O3.